The molecule has 1 atom stereocenters. The maximum absolute atomic E-state index is 12.4. The lowest BCUT2D eigenvalue weighted by Gasteiger charge is -2.37. The first-order chi connectivity index (χ1) is 12.4. The van der Waals surface area contributed by atoms with Crippen LogP contribution in [0.4, 0.5) is 14.5 Å². The highest BCUT2D eigenvalue weighted by molar-refractivity contribution is 7.99. The van der Waals surface area contributed by atoms with Crippen molar-refractivity contribution in [2.75, 3.05) is 31.5 Å². The summed E-state index contributed by atoms with van der Waals surface area (Å²) in [6, 6.07) is 6.07. The van der Waals surface area contributed by atoms with Crippen LogP contribution in [0.1, 0.15) is 19.8 Å². The van der Waals surface area contributed by atoms with Gasteiger partial charge in [0.1, 0.15) is 0 Å². The lowest BCUT2D eigenvalue weighted by atomic mass is 10.2. The van der Waals surface area contributed by atoms with E-state index in [1.165, 1.54) is 0 Å². The van der Waals surface area contributed by atoms with Crippen molar-refractivity contribution in [2.24, 2.45) is 5.92 Å². The van der Waals surface area contributed by atoms with E-state index in [1.807, 2.05) is 11.8 Å². The number of nitrogens with one attached hydrogen (secondary N) is 1. The molecule has 3 rings (SSSR count). The fraction of sp³-hybridized carbons (Fsp3) is 0.556. The van der Waals surface area contributed by atoms with Crippen LogP contribution < -0.4 is 5.32 Å². The van der Waals surface area contributed by atoms with Crippen LogP contribution in [0, 0.1) is 5.92 Å². The fourth-order valence-corrected chi connectivity index (χ4v) is 3.55. The van der Waals surface area contributed by atoms with Crippen LogP contribution >= 0.6 is 11.8 Å². The van der Waals surface area contributed by atoms with Crippen LogP contribution in [0.3, 0.4) is 0 Å². The quantitative estimate of drug-likeness (QED) is 0.768. The molecule has 0 radical (unpaired) electrons. The Kier molecular flexibility index (Phi) is 6.13. The molecular formula is C18H23F2N3O2S. The summed E-state index contributed by atoms with van der Waals surface area (Å²) in [5.74, 6) is -2.11. The molecule has 1 heterocycles. The van der Waals surface area contributed by atoms with Gasteiger partial charge in [0.2, 0.25) is 11.8 Å². The predicted octanol–water partition coefficient (Wildman–Crippen LogP) is 2.88. The zero-order valence-electron chi connectivity index (χ0n) is 14.7. The number of carbonyl (C=O) groups excluding carboxylic acids is 2. The van der Waals surface area contributed by atoms with Gasteiger partial charge in [0.25, 0.3) is 5.76 Å². The summed E-state index contributed by atoms with van der Waals surface area (Å²) in [7, 11) is 0. The summed E-state index contributed by atoms with van der Waals surface area (Å²) in [5.41, 5.74) is 0.586. The van der Waals surface area contributed by atoms with E-state index in [9.17, 15) is 18.4 Å². The van der Waals surface area contributed by atoms with Gasteiger partial charge in [-0.05, 0) is 44.0 Å². The molecule has 1 N–H and O–H groups in total. The summed E-state index contributed by atoms with van der Waals surface area (Å²) >= 11 is 0.477. The maximum atomic E-state index is 12.4. The Morgan fingerprint density at radius 1 is 1.12 bits per heavy atom. The molecule has 0 spiro atoms. The van der Waals surface area contributed by atoms with Crippen LogP contribution in [0.15, 0.2) is 29.2 Å². The molecule has 1 aliphatic carbocycles. The predicted molar refractivity (Wildman–Crippen MR) is 97.3 cm³/mol. The standard InChI is InChI=1S/C18H23F2N3O2S/c1-12(22-8-10-23(11-9-22)17(25)13-2-3-13)16(24)21-14-4-6-15(7-5-14)26-18(19)20/h4-7,12-13,18H,2-3,8-11H2,1H3,(H,21,24)/t12-/m0/s1. The molecule has 1 saturated carbocycles. The maximum Gasteiger partial charge on any atom is 0.288 e. The highest BCUT2D eigenvalue weighted by atomic mass is 32.2. The minimum Gasteiger partial charge on any atom is -0.340 e. The van der Waals surface area contributed by atoms with Gasteiger partial charge in [-0.25, -0.2) is 0 Å². The van der Waals surface area contributed by atoms with Gasteiger partial charge in [-0.2, -0.15) is 8.78 Å². The third kappa shape index (κ3) is 4.94. The van der Waals surface area contributed by atoms with Crippen molar-refractivity contribution < 1.29 is 18.4 Å². The molecule has 8 heteroatoms. The van der Waals surface area contributed by atoms with Gasteiger partial charge in [-0.3, -0.25) is 14.5 Å². The molecule has 1 aliphatic heterocycles. The molecule has 142 valence electrons. The molecule has 2 fully saturated rings. The van der Waals surface area contributed by atoms with E-state index in [0.717, 1.165) is 12.8 Å². The summed E-state index contributed by atoms with van der Waals surface area (Å²) in [6.07, 6.45) is 2.01. The van der Waals surface area contributed by atoms with Gasteiger partial charge in [0.05, 0.1) is 6.04 Å². The Labute approximate surface area is 156 Å². The van der Waals surface area contributed by atoms with Gasteiger partial charge < -0.3 is 10.2 Å². The van der Waals surface area contributed by atoms with E-state index >= 15 is 0 Å². The first-order valence-corrected chi connectivity index (χ1v) is 9.70. The largest absolute Gasteiger partial charge is 0.340 e. The molecule has 0 aromatic heterocycles. The van der Waals surface area contributed by atoms with Gasteiger partial charge in [0.15, 0.2) is 0 Å². The van der Waals surface area contributed by atoms with Gasteiger partial charge >= 0.3 is 0 Å². The normalized spacial score (nSPS) is 19.5. The summed E-state index contributed by atoms with van der Waals surface area (Å²) < 4.78 is 24.7. The Morgan fingerprint density at radius 2 is 1.73 bits per heavy atom. The average molecular weight is 383 g/mol. The zero-order chi connectivity index (χ0) is 18.7. The van der Waals surface area contributed by atoms with E-state index < -0.39 is 5.76 Å². The van der Waals surface area contributed by atoms with E-state index in [2.05, 4.69) is 10.2 Å². The highest BCUT2D eigenvalue weighted by Crippen LogP contribution is 2.31. The number of anilines is 1. The van der Waals surface area contributed by atoms with Crippen molar-refractivity contribution in [2.45, 2.75) is 36.5 Å². The Balaban J connectivity index is 1.47. The SMILES string of the molecule is C[C@@H](C(=O)Nc1ccc(SC(F)F)cc1)N1CCN(C(=O)C2CC2)CC1. The van der Waals surface area contributed by atoms with Gasteiger partial charge in [-0.15, -0.1) is 0 Å². The number of benzene rings is 1. The number of piperazine rings is 1. The minimum atomic E-state index is -2.46. The van der Waals surface area contributed by atoms with E-state index in [4.69, 9.17) is 0 Å². The van der Waals surface area contributed by atoms with Crippen LogP contribution in [-0.4, -0.2) is 59.6 Å². The Bertz CT molecular complexity index is 644. The third-order valence-electron chi connectivity index (χ3n) is 4.83. The van der Waals surface area contributed by atoms with Crippen LogP contribution in [0.25, 0.3) is 0 Å². The highest BCUT2D eigenvalue weighted by Gasteiger charge is 2.35. The monoisotopic (exact) mass is 383 g/mol. The van der Waals surface area contributed by atoms with Gasteiger partial charge in [-0.1, -0.05) is 11.8 Å². The number of carbonyl (C=O) groups is 2. The van der Waals surface area contributed by atoms with E-state index in [0.29, 0.717) is 48.5 Å². The lowest BCUT2D eigenvalue weighted by molar-refractivity contribution is -0.135. The molecular weight excluding hydrogens is 360 g/mol. The summed E-state index contributed by atoms with van der Waals surface area (Å²) in [6.45, 7) is 4.52. The van der Waals surface area contributed by atoms with Crippen molar-refractivity contribution >= 4 is 29.3 Å². The van der Waals surface area contributed by atoms with Gasteiger partial charge in [0, 0.05) is 42.7 Å². The summed E-state index contributed by atoms with van der Waals surface area (Å²) in [4.78, 5) is 29.0. The van der Waals surface area contributed by atoms with Crippen molar-refractivity contribution in [1.82, 2.24) is 9.80 Å². The van der Waals surface area contributed by atoms with Crippen LogP contribution in [-0.2, 0) is 9.59 Å². The second kappa shape index (κ2) is 8.35. The second-order valence-electron chi connectivity index (χ2n) is 6.70. The molecule has 2 aliphatic rings. The Hall–Kier alpha value is -1.67. The molecule has 1 aromatic carbocycles. The number of hydrogen-bond acceptors (Lipinski definition) is 4. The smallest absolute Gasteiger partial charge is 0.288 e. The number of nitrogens with zero attached hydrogens (tertiary/aromatic N) is 2. The van der Waals surface area contributed by atoms with E-state index in [-0.39, 0.29) is 23.8 Å². The fourth-order valence-electron chi connectivity index (χ4n) is 3.05. The minimum absolute atomic E-state index is 0.138. The van der Waals surface area contributed by atoms with E-state index in [1.54, 1.807) is 24.3 Å². The molecule has 1 aromatic rings. The zero-order valence-corrected chi connectivity index (χ0v) is 15.5. The molecule has 2 amide bonds. The van der Waals surface area contributed by atoms with Crippen LogP contribution in [0.2, 0.25) is 0 Å². The number of hydrogen-bond donors (Lipinski definition) is 1. The van der Waals surface area contributed by atoms with Crippen molar-refractivity contribution in [3.8, 4) is 0 Å². The number of halogens is 2. The molecule has 5 nitrogen and oxygen atoms in total. The molecule has 0 bridgehead atoms. The summed E-state index contributed by atoms with van der Waals surface area (Å²) in [5, 5.41) is 2.82. The topological polar surface area (TPSA) is 52.7 Å². The number of rotatable bonds is 6. The lowest BCUT2D eigenvalue weighted by Crippen LogP contribution is -2.54. The number of amides is 2. The first kappa shape index (κ1) is 19.1. The number of thioether (sulfide) groups is 1. The van der Waals surface area contributed by atoms with Crippen molar-refractivity contribution in [1.29, 1.82) is 0 Å². The number of alkyl halides is 2. The van der Waals surface area contributed by atoms with Crippen molar-refractivity contribution in [3.63, 3.8) is 0 Å². The average Bonchev–Trinajstić information content (AvgIpc) is 3.47. The van der Waals surface area contributed by atoms with Crippen molar-refractivity contribution in [3.05, 3.63) is 24.3 Å². The molecule has 1 saturated heterocycles. The second-order valence-corrected chi connectivity index (χ2v) is 7.77. The molecule has 26 heavy (non-hydrogen) atoms. The first-order valence-electron chi connectivity index (χ1n) is 8.82. The molecule has 0 unspecified atom stereocenters. The van der Waals surface area contributed by atoms with Crippen LogP contribution in [0.5, 0.6) is 0 Å². The Morgan fingerprint density at radius 3 is 2.27 bits per heavy atom. The third-order valence-corrected chi connectivity index (χ3v) is 5.55.